The maximum absolute atomic E-state index is 12.9. The summed E-state index contributed by atoms with van der Waals surface area (Å²) in [6.07, 6.45) is 0.989. The average Bonchev–Trinajstić information content (AvgIpc) is 2.66. The third-order valence-corrected chi connectivity index (χ3v) is 4.73. The van der Waals surface area contributed by atoms with Gasteiger partial charge in [-0.2, -0.15) is 0 Å². The minimum absolute atomic E-state index is 0.0685. The van der Waals surface area contributed by atoms with Crippen molar-refractivity contribution >= 4 is 33.2 Å². The van der Waals surface area contributed by atoms with Gasteiger partial charge in [0.05, 0.1) is 37.8 Å². The van der Waals surface area contributed by atoms with Crippen molar-refractivity contribution < 1.29 is 27.5 Å². The first-order chi connectivity index (χ1) is 14.0. The van der Waals surface area contributed by atoms with Crippen LogP contribution in [0.25, 0.3) is 0 Å². The Morgan fingerprint density at radius 1 is 1.00 bits per heavy atom. The molecule has 0 radical (unpaired) electrons. The monoisotopic (exact) mass is 435 g/mol. The Bertz CT molecular complexity index is 1050. The van der Waals surface area contributed by atoms with Gasteiger partial charge in [-0.25, -0.2) is 8.42 Å². The largest absolute Gasteiger partial charge is 0.493 e. The van der Waals surface area contributed by atoms with E-state index in [1.807, 2.05) is 0 Å². The van der Waals surface area contributed by atoms with Crippen LogP contribution < -0.4 is 24.8 Å². The molecule has 2 amide bonds. The number of carbonyl (C=O) groups is 2. The number of amides is 2. The lowest BCUT2D eigenvalue weighted by Gasteiger charge is -2.18. The molecule has 0 bridgehead atoms. The molecule has 0 heterocycles. The van der Waals surface area contributed by atoms with Crippen molar-refractivity contribution in [3.05, 3.63) is 47.5 Å². The smallest absolute Gasteiger partial charge is 0.253 e. The lowest BCUT2D eigenvalue weighted by Crippen LogP contribution is -2.28. The van der Waals surface area contributed by atoms with Gasteiger partial charge < -0.3 is 20.1 Å². The lowest BCUT2D eigenvalue weighted by molar-refractivity contribution is -0.114. The Morgan fingerprint density at radius 3 is 2.23 bits per heavy atom. The second kappa shape index (κ2) is 9.49. The fourth-order valence-electron chi connectivity index (χ4n) is 2.78. The number of benzene rings is 2. The van der Waals surface area contributed by atoms with E-state index in [0.29, 0.717) is 17.2 Å². The number of ether oxygens (including phenoxy) is 2. The molecule has 0 fully saturated rings. The van der Waals surface area contributed by atoms with Crippen LogP contribution in [-0.4, -0.2) is 40.7 Å². The molecule has 10 heteroatoms. The average molecular weight is 436 g/mol. The third-order valence-electron chi connectivity index (χ3n) is 4.14. The molecule has 0 aliphatic heterocycles. The van der Waals surface area contributed by atoms with E-state index in [9.17, 15) is 18.0 Å². The van der Waals surface area contributed by atoms with Crippen LogP contribution in [-0.2, 0) is 14.8 Å². The number of anilines is 2. The molecule has 2 rings (SSSR count). The molecular weight excluding hydrogens is 410 g/mol. The number of rotatable bonds is 8. The van der Waals surface area contributed by atoms with Crippen LogP contribution in [0.1, 0.15) is 35.8 Å². The Hall–Kier alpha value is -3.27. The van der Waals surface area contributed by atoms with Crippen LogP contribution in [0.15, 0.2) is 36.4 Å². The van der Waals surface area contributed by atoms with Gasteiger partial charge in [-0.1, -0.05) is 6.07 Å². The van der Waals surface area contributed by atoms with E-state index in [-0.39, 0.29) is 17.2 Å². The van der Waals surface area contributed by atoms with Gasteiger partial charge in [0.2, 0.25) is 15.9 Å². The van der Waals surface area contributed by atoms with Gasteiger partial charge in [0.1, 0.15) is 0 Å². The van der Waals surface area contributed by atoms with Gasteiger partial charge in [-0.05, 0) is 42.8 Å². The molecule has 0 saturated carbocycles. The fourth-order valence-corrected chi connectivity index (χ4v) is 3.36. The van der Waals surface area contributed by atoms with Crippen molar-refractivity contribution in [2.24, 2.45) is 0 Å². The SMILES string of the molecule is COc1ccc(C(C)NC(=O)c2cc(NC(C)=O)ccc2NS(C)(=O)=O)cc1OC. The zero-order valence-electron chi connectivity index (χ0n) is 17.4. The summed E-state index contributed by atoms with van der Waals surface area (Å²) in [4.78, 5) is 24.3. The summed E-state index contributed by atoms with van der Waals surface area (Å²) in [6.45, 7) is 3.11. The van der Waals surface area contributed by atoms with Crippen molar-refractivity contribution in [1.82, 2.24) is 5.32 Å². The van der Waals surface area contributed by atoms with E-state index in [1.54, 1.807) is 25.1 Å². The van der Waals surface area contributed by atoms with Gasteiger partial charge in [-0.3, -0.25) is 14.3 Å². The number of methoxy groups -OCH3 is 2. The van der Waals surface area contributed by atoms with Crippen molar-refractivity contribution in [3.63, 3.8) is 0 Å². The van der Waals surface area contributed by atoms with Crippen molar-refractivity contribution in [1.29, 1.82) is 0 Å². The molecular formula is C20H25N3O6S. The lowest BCUT2D eigenvalue weighted by atomic mass is 10.1. The second-order valence-corrected chi connectivity index (χ2v) is 8.37. The predicted molar refractivity (Wildman–Crippen MR) is 115 cm³/mol. The summed E-state index contributed by atoms with van der Waals surface area (Å²) >= 11 is 0. The maximum Gasteiger partial charge on any atom is 0.253 e. The molecule has 0 spiro atoms. The molecule has 3 N–H and O–H groups in total. The summed E-state index contributed by atoms with van der Waals surface area (Å²) < 4.78 is 36.2. The highest BCUT2D eigenvalue weighted by Crippen LogP contribution is 2.30. The summed E-state index contributed by atoms with van der Waals surface area (Å²) in [5.41, 5.74) is 1.30. The maximum atomic E-state index is 12.9. The molecule has 2 aromatic carbocycles. The molecule has 9 nitrogen and oxygen atoms in total. The molecule has 1 unspecified atom stereocenters. The van der Waals surface area contributed by atoms with Gasteiger partial charge >= 0.3 is 0 Å². The number of sulfonamides is 1. The standard InChI is InChI=1S/C20H25N3O6S/c1-12(14-6-9-18(28-3)19(10-14)29-4)21-20(25)16-11-15(22-13(2)24)7-8-17(16)23-30(5,26)27/h6-12,23H,1-5H3,(H,21,25)(H,22,24). The van der Waals surface area contributed by atoms with E-state index >= 15 is 0 Å². The van der Waals surface area contributed by atoms with Gasteiger partial charge in [0, 0.05) is 12.6 Å². The summed E-state index contributed by atoms with van der Waals surface area (Å²) in [5.74, 6) is 0.241. The molecule has 1 atom stereocenters. The van der Waals surface area contributed by atoms with Crippen LogP contribution in [0.2, 0.25) is 0 Å². The third kappa shape index (κ3) is 6.11. The minimum atomic E-state index is -3.61. The highest BCUT2D eigenvalue weighted by atomic mass is 32.2. The number of hydrogen-bond donors (Lipinski definition) is 3. The van der Waals surface area contributed by atoms with Crippen LogP contribution in [0, 0.1) is 0 Å². The Labute approximate surface area is 175 Å². The zero-order chi connectivity index (χ0) is 22.5. The van der Waals surface area contributed by atoms with Gasteiger partial charge in [-0.15, -0.1) is 0 Å². The molecule has 0 aromatic heterocycles. The number of hydrogen-bond acceptors (Lipinski definition) is 6. The predicted octanol–water partition coefficient (Wildman–Crippen LogP) is 2.52. The van der Waals surface area contributed by atoms with Crippen LogP contribution in [0.5, 0.6) is 11.5 Å². The van der Waals surface area contributed by atoms with E-state index in [0.717, 1.165) is 11.8 Å². The Balaban J connectivity index is 2.34. The zero-order valence-corrected chi connectivity index (χ0v) is 18.2. The van der Waals surface area contributed by atoms with Gasteiger partial charge in [0.25, 0.3) is 5.91 Å². The fraction of sp³-hybridized carbons (Fsp3) is 0.300. The molecule has 0 aliphatic carbocycles. The molecule has 30 heavy (non-hydrogen) atoms. The van der Waals surface area contributed by atoms with Crippen LogP contribution in [0.3, 0.4) is 0 Å². The van der Waals surface area contributed by atoms with Crippen LogP contribution >= 0.6 is 0 Å². The number of carbonyl (C=O) groups excluding carboxylic acids is 2. The van der Waals surface area contributed by atoms with Gasteiger partial charge in [0.15, 0.2) is 11.5 Å². The van der Waals surface area contributed by atoms with Crippen molar-refractivity contribution in [3.8, 4) is 11.5 Å². The summed E-state index contributed by atoms with van der Waals surface area (Å²) in [5, 5.41) is 5.40. The van der Waals surface area contributed by atoms with Crippen LogP contribution in [0.4, 0.5) is 11.4 Å². The molecule has 162 valence electrons. The van der Waals surface area contributed by atoms with E-state index in [2.05, 4.69) is 15.4 Å². The molecule has 0 saturated heterocycles. The van der Waals surface area contributed by atoms with Crippen molar-refractivity contribution in [2.45, 2.75) is 19.9 Å². The normalized spacial score (nSPS) is 11.9. The molecule has 0 aliphatic rings. The van der Waals surface area contributed by atoms with E-state index in [1.165, 1.54) is 39.3 Å². The highest BCUT2D eigenvalue weighted by molar-refractivity contribution is 7.92. The summed E-state index contributed by atoms with van der Waals surface area (Å²) in [6, 6.07) is 9.17. The van der Waals surface area contributed by atoms with Crippen molar-refractivity contribution in [2.75, 3.05) is 30.5 Å². The minimum Gasteiger partial charge on any atom is -0.493 e. The second-order valence-electron chi connectivity index (χ2n) is 6.63. The Morgan fingerprint density at radius 2 is 1.67 bits per heavy atom. The first-order valence-corrected chi connectivity index (χ1v) is 10.9. The number of nitrogens with one attached hydrogen (secondary N) is 3. The van der Waals surface area contributed by atoms with E-state index in [4.69, 9.17) is 9.47 Å². The van der Waals surface area contributed by atoms with E-state index < -0.39 is 22.0 Å². The summed E-state index contributed by atoms with van der Waals surface area (Å²) in [7, 11) is -0.570. The quantitative estimate of drug-likeness (QED) is 0.586. The Kier molecular flexibility index (Phi) is 7.28. The first kappa shape index (κ1) is 23.0. The topological polar surface area (TPSA) is 123 Å². The highest BCUT2D eigenvalue weighted by Gasteiger charge is 2.19. The first-order valence-electron chi connectivity index (χ1n) is 8.96. The molecule has 2 aromatic rings.